The van der Waals surface area contributed by atoms with Crippen LogP contribution >= 0.6 is 24.8 Å². The zero-order chi connectivity index (χ0) is 7.52. The Morgan fingerprint density at radius 3 is 2.31 bits per heavy atom. The second-order valence-electron chi connectivity index (χ2n) is 3.08. The molecule has 1 fully saturated rings. The zero-order valence-electron chi connectivity index (χ0n) is 7.27. The van der Waals surface area contributed by atoms with Crippen LogP contribution < -0.4 is 5.32 Å². The SMILES string of the molecule is Cl.Cl.c1cc(CC2CNC2)ccn1. The van der Waals surface area contributed by atoms with Gasteiger partial charge in [0.15, 0.2) is 0 Å². The number of halogens is 2. The van der Waals surface area contributed by atoms with Crippen LogP contribution in [0.1, 0.15) is 5.56 Å². The van der Waals surface area contributed by atoms with Gasteiger partial charge in [0, 0.05) is 12.4 Å². The fraction of sp³-hybridized carbons (Fsp3) is 0.444. The molecule has 0 amide bonds. The van der Waals surface area contributed by atoms with Crippen molar-refractivity contribution in [1.82, 2.24) is 10.3 Å². The first-order valence-electron chi connectivity index (χ1n) is 4.05. The average molecular weight is 221 g/mol. The van der Waals surface area contributed by atoms with Crippen LogP contribution in [-0.2, 0) is 6.42 Å². The summed E-state index contributed by atoms with van der Waals surface area (Å²) < 4.78 is 0. The van der Waals surface area contributed by atoms with Crippen molar-refractivity contribution in [3.05, 3.63) is 30.1 Å². The van der Waals surface area contributed by atoms with Crippen LogP contribution in [0, 0.1) is 5.92 Å². The maximum atomic E-state index is 3.98. The van der Waals surface area contributed by atoms with Crippen LogP contribution in [0.3, 0.4) is 0 Å². The van der Waals surface area contributed by atoms with Gasteiger partial charge < -0.3 is 5.32 Å². The largest absolute Gasteiger partial charge is 0.316 e. The molecule has 0 unspecified atom stereocenters. The van der Waals surface area contributed by atoms with Gasteiger partial charge in [-0.15, -0.1) is 24.8 Å². The summed E-state index contributed by atoms with van der Waals surface area (Å²) in [5.41, 5.74) is 1.41. The monoisotopic (exact) mass is 220 g/mol. The second kappa shape index (κ2) is 6.19. The van der Waals surface area contributed by atoms with Crippen LogP contribution in [0.4, 0.5) is 0 Å². The number of rotatable bonds is 2. The van der Waals surface area contributed by atoms with E-state index in [1.54, 1.807) is 0 Å². The van der Waals surface area contributed by atoms with Crippen molar-refractivity contribution in [2.45, 2.75) is 6.42 Å². The molecule has 1 N–H and O–H groups in total. The molecular formula is C9H14Cl2N2. The smallest absolute Gasteiger partial charge is 0.0270 e. The molecule has 1 aromatic rings. The molecular weight excluding hydrogens is 207 g/mol. The standard InChI is InChI=1S/C9H12N2.2ClH/c1-3-10-4-2-8(1)5-9-6-11-7-9;;/h1-4,9,11H,5-7H2;2*1H. The maximum absolute atomic E-state index is 3.98. The lowest BCUT2D eigenvalue weighted by Gasteiger charge is -2.26. The van der Waals surface area contributed by atoms with Crippen LogP contribution in [0.2, 0.25) is 0 Å². The Hall–Kier alpha value is -0.310. The summed E-state index contributed by atoms with van der Waals surface area (Å²) >= 11 is 0. The van der Waals surface area contributed by atoms with Gasteiger partial charge in [0.05, 0.1) is 0 Å². The predicted molar refractivity (Wildman–Crippen MR) is 58.8 cm³/mol. The third-order valence-electron chi connectivity index (χ3n) is 2.14. The van der Waals surface area contributed by atoms with Crippen molar-refractivity contribution in [2.24, 2.45) is 5.92 Å². The lowest BCUT2D eigenvalue weighted by atomic mass is 9.95. The third-order valence-corrected chi connectivity index (χ3v) is 2.14. The van der Waals surface area contributed by atoms with E-state index in [1.807, 2.05) is 12.4 Å². The maximum Gasteiger partial charge on any atom is 0.0270 e. The summed E-state index contributed by atoms with van der Waals surface area (Å²) in [5, 5.41) is 3.27. The quantitative estimate of drug-likeness (QED) is 0.821. The minimum Gasteiger partial charge on any atom is -0.316 e. The zero-order valence-corrected chi connectivity index (χ0v) is 8.90. The van der Waals surface area contributed by atoms with E-state index < -0.39 is 0 Å². The van der Waals surface area contributed by atoms with Gasteiger partial charge in [0.25, 0.3) is 0 Å². The molecule has 4 heteroatoms. The summed E-state index contributed by atoms with van der Waals surface area (Å²) in [6.07, 6.45) is 4.93. The van der Waals surface area contributed by atoms with Crippen molar-refractivity contribution < 1.29 is 0 Å². The lowest BCUT2D eigenvalue weighted by Crippen LogP contribution is -2.43. The van der Waals surface area contributed by atoms with E-state index in [0.29, 0.717) is 0 Å². The summed E-state index contributed by atoms with van der Waals surface area (Å²) in [7, 11) is 0. The number of nitrogens with one attached hydrogen (secondary N) is 1. The number of aromatic nitrogens is 1. The molecule has 0 bridgehead atoms. The van der Waals surface area contributed by atoms with Crippen LogP contribution in [0.5, 0.6) is 0 Å². The Kier molecular flexibility index (Phi) is 6.04. The van der Waals surface area contributed by atoms with E-state index in [-0.39, 0.29) is 24.8 Å². The van der Waals surface area contributed by atoms with E-state index in [2.05, 4.69) is 22.4 Å². The van der Waals surface area contributed by atoms with Crippen LogP contribution in [0.25, 0.3) is 0 Å². The molecule has 0 radical (unpaired) electrons. The first-order valence-corrected chi connectivity index (χ1v) is 4.05. The topological polar surface area (TPSA) is 24.9 Å². The predicted octanol–water partition coefficient (Wildman–Crippen LogP) is 1.69. The minimum absolute atomic E-state index is 0. The second-order valence-corrected chi connectivity index (χ2v) is 3.08. The fourth-order valence-electron chi connectivity index (χ4n) is 1.35. The van der Waals surface area contributed by atoms with Crippen molar-refractivity contribution >= 4 is 24.8 Å². The van der Waals surface area contributed by atoms with Gasteiger partial charge in [-0.1, -0.05) is 0 Å². The molecule has 2 rings (SSSR count). The fourth-order valence-corrected chi connectivity index (χ4v) is 1.35. The Labute approximate surface area is 91.0 Å². The molecule has 1 aromatic heterocycles. The van der Waals surface area contributed by atoms with Gasteiger partial charge in [-0.3, -0.25) is 4.98 Å². The van der Waals surface area contributed by atoms with Gasteiger partial charge in [-0.25, -0.2) is 0 Å². The normalized spacial score (nSPS) is 15.1. The van der Waals surface area contributed by atoms with E-state index in [9.17, 15) is 0 Å². The third kappa shape index (κ3) is 3.51. The Balaban J connectivity index is 0.000000720. The number of hydrogen-bond donors (Lipinski definition) is 1. The molecule has 0 saturated carbocycles. The molecule has 1 saturated heterocycles. The highest BCUT2D eigenvalue weighted by Gasteiger charge is 2.16. The molecule has 13 heavy (non-hydrogen) atoms. The van der Waals surface area contributed by atoms with Gasteiger partial charge in [-0.05, 0) is 43.1 Å². The molecule has 74 valence electrons. The molecule has 2 nitrogen and oxygen atoms in total. The highest BCUT2D eigenvalue weighted by molar-refractivity contribution is 5.85. The van der Waals surface area contributed by atoms with E-state index in [4.69, 9.17) is 0 Å². The Morgan fingerprint density at radius 2 is 1.85 bits per heavy atom. The molecule has 0 aliphatic carbocycles. The number of hydrogen-bond acceptors (Lipinski definition) is 2. The number of pyridine rings is 1. The van der Waals surface area contributed by atoms with E-state index in [0.717, 1.165) is 5.92 Å². The average Bonchev–Trinajstić information content (AvgIpc) is 1.99. The Bertz CT molecular complexity index is 224. The van der Waals surface area contributed by atoms with Crippen LogP contribution in [-0.4, -0.2) is 18.1 Å². The van der Waals surface area contributed by atoms with Crippen molar-refractivity contribution in [2.75, 3.05) is 13.1 Å². The summed E-state index contributed by atoms with van der Waals surface area (Å²) in [5.74, 6) is 0.859. The van der Waals surface area contributed by atoms with Gasteiger partial charge in [-0.2, -0.15) is 0 Å². The summed E-state index contributed by atoms with van der Waals surface area (Å²) in [4.78, 5) is 3.98. The van der Waals surface area contributed by atoms with Crippen LogP contribution in [0.15, 0.2) is 24.5 Å². The highest BCUT2D eigenvalue weighted by atomic mass is 35.5. The van der Waals surface area contributed by atoms with E-state index >= 15 is 0 Å². The molecule has 2 heterocycles. The number of nitrogens with zero attached hydrogens (tertiary/aromatic N) is 1. The first kappa shape index (κ1) is 12.7. The van der Waals surface area contributed by atoms with Crippen molar-refractivity contribution in [1.29, 1.82) is 0 Å². The van der Waals surface area contributed by atoms with E-state index in [1.165, 1.54) is 25.1 Å². The van der Waals surface area contributed by atoms with Gasteiger partial charge in [0.2, 0.25) is 0 Å². The molecule has 1 aliphatic rings. The molecule has 1 aliphatic heterocycles. The molecule has 0 aromatic carbocycles. The Morgan fingerprint density at radius 1 is 1.23 bits per heavy atom. The van der Waals surface area contributed by atoms with Gasteiger partial charge in [0.1, 0.15) is 0 Å². The highest BCUT2D eigenvalue weighted by Crippen LogP contribution is 2.10. The van der Waals surface area contributed by atoms with Crippen molar-refractivity contribution in [3.63, 3.8) is 0 Å². The minimum atomic E-state index is 0. The summed E-state index contributed by atoms with van der Waals surface area (Å²) in [6.45, 7) is 2.37. The van der Waals surface area contributed by atoms with Gasteiger partial charge >= 0.3 is 0 Å². The molecule has 0 atom stereocenters. The lowest BCUT2D eigenvalue weighted by molar-refractivity contribution is 0.346. The molecule has 0 spiro atoms. The van der Waals surface area contributed by atoms with Crippen molar-refractivity contribution in [3.8, 4) is 0 Å². The summed E-state index contributed by atoms with van der Waals surface area (Å²) in [6, 6.07) is 4.19. The first-order chi connectivity index (χ1) is 5.45.